The summed E-state index contributed by atoms with van der Waals surface area (Å²) in [5.74, 6) is -0.506. The fraction of sp³-hybridized carbons (Fsp3) is 0.529. The third-order valence-electron chi connectivity index (χ3n) is 4.10. The number of aromatic nitrogens is 2. The molecule has 1 atom stereocenters. The van der Waals surface area contributed by atoms with Crippen LogP contribution in [0.2, 0.25) is 0 Å². The van der Waals surface area contributed by atoms with E-state index in [0.29, 0.717) is 17.3 Å². The Balaban J connectivity index is 1.44. The Bertz CT molecular complexity index is 829. The van der Waals surface area contributed by atoms with Crippen LogP contribution < -0.4 is 10.8 Å². The lowest BCUT2D eigenvalue weighted by Gasteiger charge is -2.20. The maximum absolute atomic E-state index is 12.1. The van der Waals surface area contributed by atoms with Crippen molar-refractivity contribution in [3.63, 3.8) is 0 Å². The Kier molecular flexibility index (Phi) is 5.75. The van der Waals surface area contributed by atoms with Crippen LogP contribution in [0.25, 0.3) is 5.70 Å². The number of amides is 4. The molecule has 3 rings (SSSR count). The number of carbonyl (C=O) groups is 3. The van der Waals surface area contributed by atoms with Gasteiger partial charge in [0.1, 0.15) is 5.60 Å². The summed E-state index contributed by atoms with van der Waals surface area (Å²) in [6.07, 6.45) is 4.03. The van der Waals surface area contributed by atoms with E-state index in [0.717, 1.165) is 0 Å². The molecule has 0 saturated carbocycles. The number of fused-ring (bicyclic) bond motifs is 2. The zero-order valence-electron chi connectivity index (χ0n) is 16.4. The Labute approximate surface area is 166 Å². The maximum atomic E-state index is 12.1. The quantitative estimate of drug-likeness (QED) is 0.352. The van der Waals surface area contributed by atoms with Gasteiger partial charge in [0.05, 0.1) is 36.7 Å². The van der Waals surface area contributed by atoms with Gasteiger partial charge in [-0.3, -0.25) is 14.8 Å². The maximum Gasteiger partial charge on any atom is 0.407 e. The molecule has 0 aliphatic carbocycles. The van der Waals surface area contributed by atoms with Crippen molar-refractivity contribution >= 4 is 23.7 Å². The van der Waals surface area contributed by atoms with Crippen molar-refractivity contribution in [1.29, 1.82) is 0 Å². The lowest BCUT2D eigenvalue weighted by atomic mass is 10.2. The molecule has 1 aromatic heterocycles. The summed E-state index contributed by atoms with van der Waals surface area (Å²) < 4.78 is 6.55. The van der Waals surface area contributed by atoms with Gasteiger partial charge in [-0.05, 0) is 26.8 Å². The molecule has 0 radical (unpaired) electrons. The Morgan fingerprint density at radius 3 is 2.83 bits per heavy atom. The minimum atomic E-state index is -0.591. The number of urea groups is 1. The summed E-state index contributed by atoms with van der Waals surface area (Å²) in [5.41, 5.74) is 2.60. The molecule has 1 aromatic rings. The van der Waals surface area contributed by atoms with E-state index >= 15 is 0 Å². The molecule has 0 spiro atoms. The number of hydroxylamine groups is 3. The van der Waals surface area contributed by atoms with Crippen LogP contribution in [0.5, 0.6) is 0 Å². The first-order chi connectivity index (χ1) is 13.6. The van der Waals surface area contributed by atoms with Crippen LogP contribution in [0.3, 0.4) is 0 Å². The second kappa shape index (κ2) is 8.09. The van der Waals surface area contributed by atoms with Crippen molar-refractivity contribution in [2.75, 3.05) is 26.2 Å². The molecular weight excluding hydrogens is 384 g/mol. The van der Waals surface area contributed by atoms with Crippen LogP contribution in [0.1, 0.15) is 31.1 Å². The van der Waals surface area contributed by atoms with E-state index in [2.05, 4.69) is 15.9 Å². The van der Waals surface area contributed by atoms with Gasteiger partial charge >= 0.3 is 12.1 Å². The van der Waals surface area contributed by atoms with Gasteiger partial charge in [-0.15, -0.1) is 0 Å². The molecule has 3 heterocycles. The van der Waals surface area contributed by atoms with Crippen LogP contribution in [-0.2, 0) is 9.57 Å². The first-order valence-electron chi connectivity index (χ1n) is 9.06. The van der Waals surface area contributed by atoms with Crippen molar-refractivity contribution in [3.8, 4) is 0 Å². The van der Waals surface area contributed by atoms with Crippen molar-refractivity contribution in [2.24, 2.45) is 0 Å². The fourth-order valence-electron chi connectivity index (χ4n) is 2.83. The molecule has 0 aromatic carbocycles. The van der Waals surface area contributed by atoms with Crippen LogP contribution >= 0.6 is 0 Å². The van der Waals surface area contributed by atoms with Gasteiger partial charge in [0.15, 0.2) is 0 Å². The molecule has 2 aliphatic rings. The van der Waals surface area contributed by atoms with Gasteiger partial charge in [-0.1, -0.05) is 0 Å². The SMILES string of the molecule is CC(C)(C)OC(=O)NCCONC(=O)c1cnn(C2=CC3CN(C2)C(=O)N3O)c1. The average molecular weight is 408 g/mol. The lowest BCUT2D eigenvalue weighted by Crippen LogP contribution is -2.35. The molecule has 3 N–H and O–H groups in total. The molecule has 1 fully saturated rings. The number of hydrogen-bond acceptors (Lipinski definition) is 7. The largest absolute Gasteiger partial charge is 0.444 e. The van der Waals surface area contributed by atoms with E-state index in [1.165, 1.54) is 22.0 Å². The minimum absolute atomic E-state index is 0.0510. The monoisotopic (exact) mass is 408 g/mol. The molecule has 1 unspecified atom stereocenters. The molecule has 2 aliphatic heterocycles. The number of alkyl carbamates (subject to hydrolysis) is 1. The van der Waals surface area contributed by atoms with Crippen LogP contribution in [0, 0.1) is 0 Å². The molecule has 29 heavy (non-hydrogen) atoms. The van der Waals surface area contributed by atoms with E-state index in [1.807, 2.05) is 0 Å². The zero-order chi connectivity index (χ0) is 21.2. The molecule has 158 valence electrons. The first kappa shape index (κ1) is 20.6. The van der Waals surface area contributed by atoms with Crippen molar-refractivity contribution in [2.45, 2.75) is 32.4 Å². The highest BCUT2D eigenvalue weighted by molar-refractivity contribution is 5.93. The van der Waals surface area contributed by atoms with E-state index in [4.69, 9.17) is 9.57 Å². The molecule has 12 nitrogen and oxygen atoms in total. The summed E-state index contributed by atoms with van der Waals surface area (Å²) in [6.45, 7) is 6.17. The Hall–Kier alpha value is -3.12. The number of hydrogen-bond donors (Lipinski definition) is 3. The summed E-state index contributed by atoms with van der Waals surface area (Å²) in [4.78, 5) is 41.9. The molecule has 1 saturated heterocycles. The standard InChI is InChI=1S/C17H24N6O6/c1-17(2,3)29-15(25)18-4-5-28-20-14(24)11-7-19-22(8-11)12-6-13-10-21(9-12)16(26)23(13)27/h6-8,13,27H,4-5,9-10H2,1-3H3,(H,18,25)(H,20,24). The third kappa shape index (κ3) is 5.03. The van der Waals surface area contributed by atoms with Crippen LogP contribution in [0.4, 0.5) is 9.59 Å². The van der Waals surface area contributed by atoms with Gasteiger partial charge < -0.3 is 15.0 Å². The number of nitrogens with one attached hydrogen (secondary N) is 2. The number of rotatable bonds is 6. The van der Waals surface area contributed by atoms with E-state index in [1.54, 1.807) is 26.8 Å². The van der Waals surface area contributed by atoms with E-state index in [9.17, 15) is 19.6 Å². The van der Waals surface area contributed by atoms with Crippen LogP contribution in [-0.4, -0.2) is 80.9 Å². The molecule has 2 bridgehead atoms. The molecule has 12 heteroatoms. The summed E-state index contributed by atoms with van der Waals surface area (Å²) in [5, 5.41) is 17.0. The second-order valence-electron chi connectivity index (χ2n) is 7.61. The highest BCUT2D eigenvalue weighted by Gasteiger charge is 2.39. The fourth-order valence-corrected chi connectivity index (χ4v) is 2.83. The van der Waals surface area contributed by atoms with Gasteiger partial charge in [0.25, 0.3) is 5.91 Å². The third-order valence-corrected chi connectivity index (χ3v) is 4.10. The van der Waals surface area contributed by atoms with Gasteiger partial charge in [-0.25, -0.2) is 19.8 Å². The van der Waals surface area contributed by atoms with Gasteiger partial charge in [0.2, 0.25) is 0 Å². The average Bonchev–Trinajstić information content (AvgIpc) is 3.21. The first-order valence-corrected chi connectivity index (χ1v) is 9.06. The predicted molar refractivity (Wildman–Crippen MR) is 98.5 cm³/mol. The van der Waals surface area contributed by atoms with E-state index < -0.39 is 29.7 Å². The smallest absolute Gasteiger partial charge is 0.407 e. The summed E-state index contributed by atoms with van der Waals surface area (Å²) in [7, 11) is 0. The minimum Gasteiger partial charge on any atom is -0.444 e. The molecule has 4 amide bonds. The van der Waals surface area contributed by atoms with Gasteiger partial charge in [-0.2, -0.15) is 10.2 Å². The zero-order valence-corrected chi connectivity index (χ0v) is 16.4. The van der Waals surface area contributed by atoms with Crippen molar-refractivity contribution in [1.82, 2.24) is 30.5 Å². The lowest BCUT2D eigenvalue weighted by molar-refractivity contribution is -0.0450. The number of carbonyl (C=O) groups excluding carboxylic acids is 3. The van der Waals surface area contributed by atoms with Crippen LogP contribution in [0.15, 0.2) is 18.5 Å². The normalized spacial score (nSPS) is 18.6. The van der Waals surface area contributed by atoms with Crippen molar-refractivity contribution < 1.29 is 29.2 Å². The predicted octanol–water partition coefficient (Wildman–Crippen LogP) is 0.419. The molecular formula is C17H24N6O6. The highest BCUT2D eigenvalue weighted by atomic mass is 16.7. The highest BCUT2D eigenvalue weighted by Crippen LogP contribution is 2.24. The Morgan fingerprint density at radius 1 is 1.38 bits per heavy atom. The Morgan fingerprint density at radius 2 is 2.14 bits per heavy atom. The second-order valence-corrected chi connectivity index (χ2v) is 7.61. The van der Waals surface area contributed by atoms with E-state index in [-0.39, 0.29) is 25.3 Å². The number of ether oxygens (including phenoxy) is 1. The topological polar surface area (TPSA) is 138 Å². The summed E-state index contributed by atoms with van der Waals surface area (Å²) in [6, 6.07) is -0.895. The summed E-state index contributed by atoms with van der Waals surface area (Å²) >= 11 is 0. The van der Waals surface area contributed by atoms with Gasteiger partial charge in [0, 0.05) is 19.3 Å². The van der Waals surface area contributed by atoms with Crippen molar-refractivity contribution in [3.05, 3.63) is 24.0 Å². The number of nitrogens with zero attached hydrogens (tertiary/aromatic N) is 4.